The van der Waals surface area contributed by atoms with Gasteiger partial charge in [0.15, 0.2) is 0 Å². The largest absolute Gasteiger partial charge is 0.390 e. The number of hydrogen-bond acceptors (Lipinski definition) is 7. The first-order valence-corrected chi connectivity index (χ1v) is 13.5. The lowest BCUT2D eigenvalue weighted by molar-refractivity contribution is -0.124. The molecule has 0 bridgehead atoms. The molecule has 202 valence electrons. The molecule has 3 aliphatic rings. The van der Waals surface area contributed by atoms with Gasteiger partial charge in [0, 0.05) is 36.2 Å². The highest BCUT2D eigenvalue weighted by Gasteiger charge is 2.51. The van der Waals surface area contributed by atoms with Gasteiger partial charge in [-0.3, -0.25) is 4.79 Å². The van der Waals surface area contributed by atoms with E-state index in [1.54, 1.807) is 16.8 Å². The van der Waals surface area contributed by atoms with E-state index < -0.39 is 11.8 Å². The molecule has 4 aromatic rings. The highest BCUT2D eigenvalue weighted by atomic mass is 19.1. The van der Waals surface area contributed by atoms with Crippen molar-refractivity contribution in [1.29, 1.82) is 0 Å². The average Bonchev–Trinajstić information content (AvgIpc) is 3.27. The number of carbonyl (C=O) groups excluding carboxylic acids is 1. The van der Waals surface area contributed by atoms with Crippen molar-refractivity contribution < 1.29 is 18.8 Å². The van der Waals surface area contributed by atoms with Crippen LogP contribution in [-0.4, -0.2) is 55.6 Å². The minimum atomic E-state index is -0.913. The summed E-state index contributed by atoms with van der Waals surface area (Å²) in [4.78, 5) is 20.1. The van der Waals surface area contributed by atoms with Crippen molar-refractivity contribution in [3.63, 3.8) is 0 Å². The van der Waals surface area contributed by atoms with Crippen molar-refractivity contribution in [1.82, 2.24) is 19.8 Å². The molecule has 1 aliphatic heterocycles. The lowest BCUT2D eigenvalue weighted by Crippen LogP contribution is -2.54. The highest BCUT2D eigenvalue weighted by molar-refractivity contribution is 6.09. The van der Waals surface area contributed by atoms with E-state index in [1.807, 2.05) is 44.3 Å². The van der Waals surface area contributed by atoms with Crippen LogP contribution >= 0.6 is 0 Å². The molecule has 39 heavy (non-hydrogen) atoms. The van der Waals surface area contributed by atoms with E-state index in [1.165, 1.54) is 0 Å². The number of carbonyl (C=O) groups is 1. The van der Waals surface area contributed by atoms with E-state index in [4.69, 9.17) is 4.52 Å². The topological polar surface area (TPSA) is 109 Å². The Kier molecular flexibility index (Phi) is 5.35. The van der Waals surface area contributed by atoms with Gasteiger partial charge in [-0.2, -0.15) is 10.1 Å². The summed E-state index contributed by atoms with van der Waals surface area (Å²) in [6.45, 7) is 5.70. The van der Waals surface area contributed by atoms with Crippen LogP contribution in [0.4, 0.5) is 15.8 Å². The van der Waals surface area contributed by atoms with Crippen LogP contribution in [0.3, 0.4) is 0 Å². The second kappa shape index (κ2) is 8.61. The Balaban J connectivity index is 1.09. The fraction of sp³-hybridized carbons (Fsp3) is 0.448. The molecule has 1 aromatic carbocycles. The molecule has 3 fully saturated rings. The molecule has 1 amide bonds. The third kappa shape index (κ3) is 4.36. The number of rotatable bonds is 5. The Morgan fingerprint density at radius 3 is 2.69 bits per heavy atom. The maximum Gasteiger partial charge on any atom is 0.259 e. The molecule has 2 saturated carbocycles. The van der Waals surface area contributed by atoms with Crippen molar-refractivity contribution in [2.75, 3.05) is 23.3 Å². The van der Waals surface area contributed by atoms with Crippen molar-refractivity contribution >= 4 is 22.8 Å². The molecular weight excluding hydrogens is 499 g/mol. The molecule has 2 N–H and O–H groups in total. The lowest BCUT2D eigenvalue weighted by atomic mass is 9.56. The fourth-order valence-electron chi connectivity index (χ4n) is 6.51. The molecule has 9 nitrogen and oxygen atoms in total. The number of anilines is 2. The molecule has 4 heterocycles. The van der Waals surface area contributed by atoms with Gasteiger partial charge in [0.1, 0.15) is 6.17 Å². The molecule has 7 rings (SSSR count). The van der Waals surface area contributed by atoms with Crippen LogP contribution in [0, 0.1) is 12.3 Å². The molecule has 2 aliphatic carbocycles. The van der Waals surface area contributed by atoms with Gasteiger partial charge >= 0.3 is 0 Å². The Labute approximate surface area is 225 Å². The SMILES string of the molecule is Cc1ccc(-c2noc([C@H]3C[C@@H]3F)n2)cc1NC(=O)c1cnn2ccc(N3CCC4(CC3)CC(C)(O)C4)cc12. The van der Waals surface area contributed by atoms with Crippen LogP contribution in [0.5, 0.6) is 0 Å². The minimum Gasteiger partial charge on any atom is -0.390 e. The number of hydrogen-bond donors (Lipinski definition) is 2. The number of halogens is 1. The van der Waals surface area contributed by atoms with Gasteiger partial charge in [-0.05, 0) is 75.1 Å². The van der Waals surface area contributed by atoms with Crippen LogP contribution < -0.4 is 10.2 Å². The summed E-state index contributed by atoms with van der Waals surface area (Å²) in [5.41, 5.74) is 4.24. The molecule has 3 aromatic heterocycles. The maximum absolute atomic E-state index is 13.4. The maximum atomic E-state index is 13.4. The molecule has 1 saturated heterocycles. The first kappa shape index (κ1) is 24.3. The summed E-state index contributed by atoms with van der Waals surface area (Å²) < 4.78 is 20.4. The van der Waals surface area contributed by atoms with E-state index >= 15 is 0 Å². The zero-order chi connectivity index (χ0) is 26.9. The summed E-state index contributed by atoms with van der Waals surface area (Å²) in [6, 6.07) is 9.61. The number of aryl methyl sites for hydroxylation is 1. The molecule has 2 atom stereocenters. The number of nitrogens with zero attached hydrogens (tertiary/aromatic N) is 5. The predicted molar refractivity (Wildman–Crippen MR) is 144 cm³/mol. The van der Waals surface area contributed by atoms with E-state index in [2.05, 4.69) is 25.5 Å². The van der Waals surface area contributed by atoms with Gasteiger partial charge in [0.05, 0.1) is 28.8 Å². The van der Waals surface area contributed by atoms with Crippen LogP contribution in [0.2, 0.25) is 0 Å². The summed E-state index contributed by atoms with van der Waals surface area (Å²) >= 11 is 0. The number of fused-ring (bicyclic) bond motifs is 1. The standard InChI is InChI=1S/C29H31FN6O3/c1-17-3-4-18(25-33-27(39-34-25)20-13-22(20)30)11-23(17)32-26(37)21-14-31-36-8-5-19(12-24(21)36)35-9-6-29(7-10-35)15-28(2,38)16-29/h3-5,8,11-12,14,20,22,38H,6-7,9-10,13,15-16H2,1-2H3,(H,32,37)/t20-,22-/m0/s1. The second-order valence-electron chi connectivity index (χ2n) is 11.9. The number of pyridine rings is 1. The average molecular weight is 531 g/mol. The van der Waals surface area contributed by atoms with E-state index in [-0.39, 0.29) is 17.2 Å². The van der Waals surface area contributed by atoms with Gasteiger partial charge < -0.3 is 19.8 Å². The third-order valence-electron chi connectivity index (χ3n) is 8.67. The van der Waals surface area contributed by atoms with E-state index in [0.29, 0.717) is 35.0 Å². The van der Waals surface area contributed by atoms with Gasteiger partial charge in [0.25, 0.3) is 5.91 Å². The van der Waals surface area contributed by atoms with Crippen molar-refractivity contribution in [3.05, 3.63) is 59.7 Å². The van der Waals surface area contributed by atoms with Gasteiger partial charge in [-0.25, -0.2) is 8.91 Å². The predicted octanol–water partition coefficient (Wildman–Crippen LogP) is 4.90. The summed E-state index contributed by atoms with van der Waals surface area (Å²) in [5, 5.41) is 21.7. The Bertz CT molecular complexity index is 1570. The smallest absolute Gasteiger partial charge is 0.259 e. The summed E-state index contributed by atoms with van der Waals surface area (Å²) in [6.07, 6.45) is 6.87. The number of amides is 1. The summed E-state index contributed by atoms with van der Waals surface area (Å²) in [7, 11) is 0. The Morgan fingerprint density at radius 2 is 1.97 bits per heavy atom. The number of piperidine rings is 1. The quantitative estimate of drug-likeness (QED) is 0.378. The number of alkyl halides is 1. The van der Waals surface area contributed by atoms with Crippen molar-refractivity contribution in [2.45, 2.75) is 63.6 Å². The zero-order valence-electron chi connectivity index (χ0n) is 22.0. The molecule has 1 spiro atoms. The van der Waals surface area contributed by atoms with Gasteiger partial charge in [-0.15, -0.1) is 0 Å². The van der Waals surface area contributed by atoms with Crippen LogP contribution in [0.15, 0.2) is 47.2 Å². The van der Waals surface area contributed by atoms with Crippen LogP contribution in [0.1, 0.15) is 66.8 Å². The highest BCUT2D eigenvalue weighted by Crippen LogP contribution is 2.54. The van der Waals surface area contributed by atoms with Crippen LogP contribution in [0.25, 0.3) is 16.9 Å². The number of aliphatic hydroxyl groups is 1. The minimum absolute atomic E-state index is 0.260. The molecule has 10 heteroatoms. The van der Waals surface area contributed by atoms with Gasteiger partial charge in [-0.1, -0.05) is 17.3 Å². The number of nitrogens with one attached hydrogen (secondary N) is 1. The molecule has 0 radical (unpaired) electrons. The van der Waals surface area contributed by atoms with Crippen molar-refractivity contribution in [3.8, 4) is 11.4 Å². The Hall–Kier alpha value is -3.79. The number of benzene rings is 1. The first-order chi connectivity index (χ1) is 18.7. The van der Waals surface area contributed by atoms with Crippen LogP contribution in [-0.2, 0) is 0 Å². The molecule has 0 unspecified atom stereocenters. The fourth-order valence-corrected chi connectivity index (χ4v) is 6.51. The molecular formula is C29H31FN6O3. The normalized spacial score (nSPS) is 23.1. The second-order valence-corrected chi connectivity index (χ2v) is 11.9. The zero-order valence-corrected chi connectivity index (χ0v) is 22.0. The third-order valence-corrected chi connectivity index (χ3v) is 8.67. The first-order valence-electron chi connectivity index (χ1n) is 13.5. The van der Waals surface area contributed by atoms with Crippen molar-refractivity contribution in [2.24, 2.45) is 5.41 Å². The lowest BCUT2D eigenvalue weighted by Gasteiger charge is -2.55. The van der Waals surface area contributed by atoms with E-state index in [0.717, 1.165) is 55.5 Å². The Morgan fingerprint density at radius 1 is 1.21 bits per heavy atom. The van der Waals surface area contributed by atoms with Gasteiger partial charge in [0.2, 0.25) is 11.7 Å². The monoisotopic (exact) mass is 530 g/mol. The van der Waals surface area contributed by atoms with E-state index in [9.17, 15) is 14.3 Å². The number of aromatic nitrogens is 4. The summed E-state index contributed by atoms with van der Waals surface area (Å²) in [5.74, 6) is 0.115.